The fourth-order valence-corrected chi connectivity index (χ4v) is 4.35. The minimum absolute atomic E-state index is 0.0493. The van der Waals surface area contributed by atoms with Crippen molar-refractivity contribution in [3.8, 4) is 0 Å². The van der Waals surface area contributed by atoms with Crippen molar-refractivity contribution in [1.82, 2.24) is 20.0 Å². The number of carbonyl (C=O) groups is 1. The van der Waals surface area contributed by atoms with Gasteiger partial charge in [-0.3, -0.25) is 14.5 Å². The van der Waals surface area contributed by atoms with Crippen LogP contribution in [0.2, 0.25) is 0 Å². The highest BCUT2D eigenvalue weighted by Gasteiger charge is 2.32. The first-order valence-corrected chi connectivity index (χ1v) is 9.32. The third-order valence-electron chi connectivity index (χ3n) is 5.81. The van der Waals surface area contributed by atoms with E-state index >= 15 is 0 Å². The molecule has 0 spiro atoms. The number of nitrogens with zero attached hydrogens (tertiary/aromatic N) is 3. The van der Waals surface area contributed by atoms with E-state index in [0.29, 0.717) is 5.92 Å². The topological polar surface area (TPSA) is 67.2 Å². The third-order valence-corrected chi connectivity index (χ3v) is 5.81. The van der Waals surface area contributed by atoms with Crippen LogP contribution in [-0.4, -0.2) is 46.3 Å². The van der Waals surface area contributed by atoms with E-state index in [9.17, 15) is 9.59 Å². The van der Waals surface area contributed by atoms with Crippen molar-refractivity contribution in [2.45, 2.75) is 57.5 Å². The van der Waals surface area contributed by atoms with Gasteiger partial charge < -0.3 is 5.32 Å². The second kappa shape index (κ2) is 6.67. The smallest absolute Gasteiger partial charge is 0.267 e. The SMILES string of the molecule is O=C1NCCC1N1CCC(Cn2nc3c(cc2=O)CCCC3)CC1. The predicted octanol–water partition coefficient (Wildman–Crippen LogP) is 0.723. The predicted molar refractivity (Wildman–Crippen MR) is 90.9 cm³/mol. The summed E-state index contributed by atoms with van der Waals surface area (Å²) in [6.07, 6.45) is 7.36. The number of amides is 1. The molecule has 0 aromatic carbocycles. The van der Waals surface area contributed by atoms with Crippen LogP contribution in [-0.2, 0) is 24.2 Å². The van der Waals surface area contributed by atoms with Gasteiger partial charge in [0.25, 0.3) is 5.56 Å². The first-order valence-electron chi connectivity index (χ1n) is 9.32. The van der Waals surface area contributed by atoms with Crippen LogP contribution in [0.1, 0.15) is 43.4 Å². The summed E-state index contributed by atoms with van der Waals surface area (Å²) >= 11 is 0. The molecule has 6 nitrogen and oxygen atoms in total. The van der Waals surface area contributed by atoms with Gasteiger partial charge in [0.2, 0.25) is 5.91 Å². The van der Waals surface area contributed by atoms with E-state index < -0.39 is 0 Å². The molecule has 1 unspecified atom stereocenters. The summed E-state index contributed by atoms with van der Waals surface area (Å²) in [4.78, 5) is 26.4. The summed E-state index contributed by atoms with van der Waals surface area (Å²) in [5.41, 5.74) is 2.33. The minimum Gasteiger partial charge on any atom is -0.355 e. The molecule has 1 aromatic heterocycles. The molecule has 0 bridgehead atoms. The molecule has 3 heterocycles. The Morgan fingerprint density at radius 1 is 1.12 bits per heavy atom. The highest BCUT2D eigenvalue weighted by Crippen LogP contribution is 2.23. The van der Waals surface area contributed by atoms with E-state index in [0.717, 1.165) is 69.5 Å². The number of hydrogen-bond acceptors (Lipinski definition) is 4. The quantitative estimate of drug-likeness (QED) is 0.887. The molecule has 1 atom stereocenters. The van der Waals surface area contributed by atoms with Crippen molar-refractivity contribution in [2.75, 3.05) is 19.6 Å². The van der Waals surface area contributed by atoms with E-state index in [1.54, 1.807) is 10.7 Å². The summed E-state index contributed by atoms with van der Waals surface area (Å²) in [5.74, 6) is 0.665. The van der Waals surface area contributed by atoms with E-state index in [4.69, 9.17) is 0 Å². The number of rotatable bonds is 3. The Bertz CT molecular complexity index is 676. The molecule has 1 N–H and O–H groups in total. The largest absolute Gasteiger partial charge is 0.355 e. The van der Waals surface area contributed by atoms with Crippen LogP contribution in [0.4, 0.5) is 0 Å². The number of hydrogen-bond donors (Lipinski definition) is 1. The summed E-state index contributed by atoms with van der Waals surface area (Å²) < 4.78 is 1.69. The minimum atomic E-state index is 0.0493. The molecule has 2 fully saturated rings. The van der Waals surface area contributed by atoms with Crippen molar-refractivity contribution in [2.24, 2.45) is 5.92 Å². The molecule has 0 saturated carbocycles. The monoisotopic (exact) mass is 330 g/mol. The third kappa shape index (κ3) is 3.11. The zero-order valence-electron chi connectivity index (χ0n) is 14.2. The number of fused-ring (bicyclic) bond motifs is 1. The Hall–Kier alpha value is -1.69. The lowest BCUT2D eigenvalue weighted by Gasteiger charge is -2.34. The van der Waals surface area contributed by atoms with Gasteiger partial charge in [0.1, 0.15) is 0 Å². The molecule has 3 aliphatic rings. The second-order valence-electron chi connectivity index (χ2n) is 7.42. The fraction of sp³-hybridized carbons (Fsp3) is 0.722. The van der Waals surface area contributed by atoms with Crippen LogP contribution in [0, 0.1) is 5.92 Å². The van der Waals surface area contributed by atoms with Gasteiger partial charge >= 0.3 is 0 Å². The number of carbonyl (C=O) groups excluding carboxylic acids is 1. The average Bonchev–Trinajstić information content (AvgIpc) is 3.02. The van der Waals surface area contributed by atoms with Crippen LogP contribution in [0.15, 0.2) is 10.9 Å². The van der Waals surface area contributed by atoms with Gasteiger partial charge in [-0.05, 0) is 69.5 Å². The van der Waals surface area contributed by atoms with Crippen LogP contribution in [0.25, 0.3) is 0 Å². The standard InChI is InChI=1S/C18H26N4O2/c23-17-11-14-3-1-2-4-15(14)20-22(17)12-13-6-9-21(10-7-13)16-5-8-19-18(16)24/h11,13,16H,1-10,12H2,(H,19,24). The maximum Gasteiger partial charge on any atom is 0.267 e. The van der Waals surface area contributed by atoms with Crippen molar-refractivity contribution in [3.63, 3.8) is 0 Å². The molecule has 2 saturated heterocycles. The van der Waals surface area contributed by atoms with Crippen molar-refractivity contribution in [1.29, 1.82) is 0 Å². The summed E-state index contributed by atoms with van der Waals surface area (Å²) in [6.45, 7) is 3.42. The van der Waals surface area contributed by atoms with Crippen LogP contribution < -0.4 is 10.9 Å². The summed E-state index contributed by atoms with van der Waals surface area (Å²) in [7, 11) is 0. The van der Waals surface area contributed by atoms with E-state index in [-0.39, 0.29) is 17.5 Å². The lowest BCUT2D eigenvalue weighted by molar-refractivity contribution is -0.124. The maximum absolute atomic E-state index is 12.3. The van der Waals surface area contributed by atoms with Crippen molar-refractivity contribution in [3.05, 3.63) is 27.7 Å². The number of piperidine rings is 1. The van der Waals surface area contributed by atoms with Gasteiger partial charge in [-0.25, -0.2) is 4.68 Å². The first-order chi connectivity index (χ1) is 11.7. The van der Waals surface area contributed by atoms with Gasteiger partial charge in [-0.1, -0.05) is 0 Å². The lowest BCUT2D eigenvalue weighted by atomic mass is 9.95. The Morgan fingerprint density at radius 3 is 2.67 bits per heavy atom. The number of aryl methyl sites for hydroxylation is 2. The molecule has 24 heavy (non-hydrogen) atoms. The van der Waals surface area contributed by atoms with Gasteiger partial charge in [0.15, 0.2) is 0 Å². The molecular weight excluding hydrogens is 304 g/mol. The molecule has 1 aromatic rings. The molecule has 2 aliphatic heterocycles. The van der Waals surface area contributed by atoms with Crippen LogP contribution in [0.3, 0.4) is 0 Å². The van der Waals surface area contributed by atoms with Gasteiger partial charge in [0, 0.05) is 19.2 Å². The molecule has 1 aliphatic carbocycles. The Balaban J connectivity index is 1.39. The first kappa shape index (κ1) is 15.8. The average molecular weight is 330 g/mol. The fourth-order valence-electron chi connectivity index (χ4n) is 4.35. The molecule has 130 valence electrons. The van der Waals surface area contributed by atoms with Crippen molar-refractivity contribution >= 4 is 5.91 Å². The lowest BCUT2D eigenvalue weighted by Crippen LogP contribution is -2.46. The Morgan fingerprint density at radius 2 is 1.92 bits per heavy atom. The summed E-state index contributed by atoms with van der Waals surface area (Å²) in [5, 5.41) is 7.56. The van der Waals surface area contributed by atoms with Gasteiger partial charge in [0.05, 0.1) is 11.7 Å². The van der Waals surface area contributed by atoms with E-state index in [1.165, 1.54) is 12.8 Å². The Kier molecular flexibility index (Phi) is 4.39. The molecular formula is C18H26N4O2. The second-order valence-corrected chi connectivity index (χ2v) is 7.42. The molecule has 0 radical (unpaired) electrons. The van der Waals surface area contributed by atoms with Crippen molar-refractivity contribution < 1.29 is 4.79 Å². The van der Waals surface area contributed by atoms with E-state index in [2.05, 4.69) is 15.3 Å². The maximum atomic E-state index is 12.3. The van der Waals surface area contributed by atoms with Gasteiger partial charge in [-0.2, -0.15) is 5.10 Å². The molecule has 1 amide bonds. The van der Waals surface area contributed by atoms with Gasteiger partial charge in [-0.15, -0.1) is 0 Å². The summed E-state index contributed by atoms with van der Waals surface area (Å²) in [6, 6.07) is 1.87. The number of likely N-dealkylation sites (tertiary alicyclic amines) is 1. The normalized spacial score (nSPS) is 25.5. The van der Waals surface area contributed by atoms with Crippen LogP contribution >= 0.6 is 0 Å². The molecule has 4 rings (SSSR count). The molecule has 6 heteroatoms. The highest BCUT2D eigenvalue weighted by atomic mass is 16.2. The number of nitrogens with one attached hydrogen (secondary N) is 1. The zero-order valence-corrected chi connectivity index (χ0v) is 14.2. The zero-order chi connectivity index (χ0) is 16.5. The Labute approximate surface area is 142 Å². The van der Waals surface area contributed by atoms with Crippen LogP contribution in [0.5, 0.6) is 0 Å². The highest BCUT2D eigenvalue weighted by molar-refractivity contribution is 5.83. The van der Waals surface area contributed by atoms with E-state index in [1.807, 2.05) is 0 Å². The number of aromatic nitrogens is 2.